The van der Waals surface area contributed by atoms with Crippen LogP contribution in [0, 0.1) is 5.82 Å². The van der Waals surface area contributed by atoms with Crippen LogP contribution in [0.4, 0.5) is 4.39 Å². The van der Waals surface area contributed by atoms with Crippen LogP contribution in [-0.2, 0) is 6.54 Å². The highest BCUT2D eigenvalue weighted by molar-refractivity contribution is 5.80. The van der Waals surface area contributed by atoms with Crippen molar-refractivity contribution < 1.29 is 4.39 Å². The zero-order valence-electron chi connectivity index (χ0n) is 10.5. The lowest BCUT2D eigenvalue weighted by molar-refractivity contribution is 0.388. The summed E-state index contributed by atoms with van der Waals surface area (Å²) in [4.78, 5) is 2.20. The Balaban J connectivity index is 1.99. The van der Waals surface area contributed by atoms with Crippen LogP contribution in [0.3, 0.4) is 0 Å². The number of nitrogens with zero attached hydrogens (tertiary/aromatic N) is 2. The number of fused-ring (bicyclic) bond motifs is 1. The van der Waals surface area contributed by atoms with E-state index in [0.717, 1.165) is 30.4 Å². The molecule has 0 N–H and O–H groups in total. The van der Waals surface area contributed by atoms with Crippen LogP contribution in [-0.4, -0.2) is 30.1 Å². The van der Waals surface area contributed by atoms with Gasteiger partial charge in [0.25, 0.3) is 0 Å². The topological polar surface area (TPSA) is 8.17 Å². The van der Waals surface area contributed by atoms with E-state index in [0.29, 0.717) is 0 Å². The van der Waals surface area contributed by atoms with E-state index in [4.69, 9.17) is 0 Å². The van der Waals surface area contributed by atoms with E-state index in [1.807, 2.05) is 18.3 Å². The van der Waals surface area contributed by atoms with Gasteiger partial charge in [-0.25, -0.2) is 4.39 Å². The van der Waals surface area contributed by atoms with E-state index < -0.39 is 0 Å². The minimum atomic E-state index is -0.164. The van der Waals surface area contributed by atoms with E-state index in [9.17, 15) is 4.39 Å². The fraction of sp³-hybridized carbons (Fsp3) is 0.429. The second kappa shape index (κ2) is 5.32. The summed E-state index contributed by atoms with van der Waals surface area (Å²) in [6, 6.07) is 6.95. The van der Waals surface area contributed by atoms with Gasteiger partial charge in [0.05, 0.1) is 0 Å². The van der Waals surface area contributed by atoms with E-state index in [1.165, 1.54) is 12.5 Å². The minimum absolute atomic E-state index is 0.164. The maximum atomic E-state index is 13.0. The summed E-state index contributed by atoms with van der Waals surface area (Å²) >= 11 is 0. The molecule has 0 aliphatic carbocycles. The molecule has 0 bridgehead atoms. The quantitative estimate of drug-likeness (QED) is 0.722. The third kappa shape index (κ3) is 3.07. The van der Waals surface area contributed by atoms with Gasteiger partial charge in [0.2, 0.25) is 0 Å². The Morgan fingerprint density at radius 1 is 1.18 bits per heavy atom. The molecule has 0 atom stereocenters. The summed E-state index contributed by atoms with van der Waals surface area (Å²) in [5.74, 6) is -0.164. The van der Waals surface area contributed by atoms with Crippen molar-refractivity contribution in [1.82, 2.24) is 9.47 Å². The molecule has 3 heteroatoms. The maximum absolute atomic E-state index is 13.0. The van der Waals surface area contributed by atoms with Gasteiger partial charge in [-0.1, -0.05) is 0 Å². The van der Waals surface area contributed by atoms with Gasteiger partial charge < -0.3 is 9.47 Å². The predicted molar refractivity (Wildman–Crippen MR) is 69.7 cm³/mol. The highest BCUT2D eigenvalue weighted by Crippen LogP contribution is 2.17. The normalized spacial score (nSPS) is 11.5. The van der Waals surface area contributed by atoms with Crippen LogP contribution in [0.25, 0.3) is 10.9 Å². The first-order valence-electron chi connectivity index (χ1n) is 6.06. The predicted octanol–water partition coefficient (Wildman–Crippen LogP) is 3.12. The van der Waals surface area contributed by atoms with Gasteiger partial charge in [-0.3, -0.25) is 0 Å². The second-order valence-corrected chi connectivity index (χ2v) is 4.72. The zero-order chi connectivity index (χ0) is 12.3. The van der Waals surface area contributed by atoms with Crippen LogP contribution < -0.4 is 0 Å². The molecule has 2 nitrogen and oxygen atoms in total. The average Bonchev–Trinajstić information content (AvgIpc) is 2.66. The van der Waals surface area contributed by atoms with E-state index in [-0.39, 0.29) is 5.82 Å². The van der Waals surface area contributed by atoms with E-state index in [2.05, 4.69) is 23.6 Å². The highest BCUT2D eigenvalue weighted by Gasteiger charge is 2.01. The second-order valence-electron chi connectivity index (χ2n) is 4.72. The molecular weight excluding hydrogens is 215 g/mol. The molecule has 0 saturated heterocycles. The first kappa shape index (κ1) is 12.1. The molecule has 0 fully saturated rings. The molecule has 1 aromatic heterocycles. The number of aryl methyl sites for hydroxylation is 1. The monoisotopic (exact) mass is 234 g/mol. The Morgan fingerprint density at radius 3 is 2.76 bits per heavy atom. The molecule has 2 rings (SSSR count). The van der Waals surface area contributed by atoms with E-state index >= 15 is 0 Å². The minimum Gasteiger partial charge on any atom is -0.347 e. The highest BCUT2D eigenvalue weighted by atomic mass is 19.1. The summed E-state index contributed by atoms with van der Waals surface area (Å²) in [6.45, 7) is 2.12. The van der Waals surface area contributed by atoms with Crippen molar-refractivity contribution in [2.75, 3.05) is 20.6 Å². The van der Waals surface area contributed by atoms with Crippen molar-refractivity contribution >= 4 is 10.9 Å². The molecule has 0 amide bonds. The Kier molecular flexibility index (Phi) is 3.79. The number of rotatable bonds is 5. The van der Waals surface area contributed by atoms with Crippen LogP contribution in [0.15, 0.2) is 30.5 Å². The summed E-state index contributed by atoms with van der Waals surface area (Å²) in [7, 11) is 4.18. The molecule has 0 spiro atoms. The SMILES string of the molecule is CN(C)CCCCn1ccc2cc(F)ccc21. The molecule has 92 valence electrons. The number of halogens is 1. The number of hydrogen-bond acceptors (Lipinski definition) is 1. The van der Waals surface area contributed by atoms with E-state index in [1.54, 1.807) is 6.07 Å². The summed E-state index contributed by atoms with van der Waals surface area (Å²) in [5, 5.41) is 0.984. The molecule has 0 aliphatic heterocycles. The van der Waals surface area contributed by atoms with Gasteiger partial charge >= 0.3 is 0 Å². The number of hydrogen-bond donors (Lipinski definition) is 0. The van der Waals surface area contributed by atoms with Crippen molar-refractivity contribution in [2.24, 2.45) is 0 Å². The average molecular weight is 234 g/mol. The maximum Gasteiger partial charge on any atom is 0.123 e. The molecular formula is C14H19FN2. The molecule has 0 saturated carbocycles. The Morgan fingerprint density at radius 2 is 2.00 bits per heavy atom. The van der Waals surface area contributed by atoms with Crippen molar-refractivity contribution in [3.8, 4) is 0 Å². The molecule has 0 unspecified atom stereocenters. The van der Waals surface area contributed by atoms with Gasteiger partial charge in [-0.2, -0.15) is 0 Å². The zero-order valence-corrected chi connectivity index (χ0v) is 10.5. The fourth-order valence-electron chi connectivity index (χ4n) is 2.08. The van der Waals surface area contributed by atoms with Gasteiger partial charge in [-0.15, -0.1) is 0 Å². The Bertz CT molecular complexity index is 488. The van der Waals surface area contributed by atoms with Crippen molar-refractivity contribution in [2.45, 2.75) is 19.4 Å². The standard InChI is InChI=1S/C14H19FN2/c1-16(2)8-3-4-9-17-10-7-12-11-13(15)5-6-14(12)17/h5-7,10-11H,3-4,8-9H2,1-2H3. The van der Waals surface area contributed by atoms with Crippen molar-refractivity contribution in [1.29, 1.82) is 0 Å². The summed E-state index contributed by atoms with van der Waals surface area (Å²) < 4.78 is 15.2. The first-order valence-corrected chi connectivity index (χ1v) is 6.06. The van der Waals surface area contributed by atoms with Crippen LogP contribution in [0.5, 0.6) is 0 Å². The third-order valence-electron chi connectivity index (χ3n) is 2.99. The van der Waals surface area contributed by atoms with Crippen LogP contribution in [0.2, 0.25) is 0 Å². The number of aromatic nitrogens is 1. The molecule has 1 heterocycles. The van der Waals surface area contributed by atoms with Gasteiger partial charge in [-0.05, 0) is 57.7 Å². The smallest absolute Gasteiger partial charge is 0.123 e. The third-order valence-corrected chi connectivity index (χ3v) is 2.99. The molecule has 1 aromatic carbocycles. The van der Waals surface area contributed by atoms with Crippen LogP contribution >= 0.6 is 0 Å². The Labute approximate surface area is 102 Å². The fourth-order valence-corrected chi connectivity index (χ4v) is 2.08. The first-order chi connectivity index (χ1) is 8.16. The van der Waals surface area contributed by atoms with Gasteiger partial charge in [0.1, 0.15) is 5.82 Å². The molecule has 0 aliphatic rings. The molecule has 2 aromatic rings. The van der Waals surface area contributed by atoms with Gasteiger partial charge in [0, 0.05) is 23.6 Å². The van der Waals surface area contributed by atoms with Crippen LogP contribution in [0.1, 0.15) is 12.8 Å². The molecule has 0 radical (unpaired) electrons. The summed E-state index contributed by atoms with van der Waals surface area (Å²) in [6.07, 6.45) is 4.38. The largest absolute Gasteiger partial charge is 0.347 e. The number of benzene rings is 1. The summed E-state index contributed by atoms with van der Waals surface area (Å²) in [5.41, 5.74) is 1.12. The Hall–Kier alpha value is -1.35. The van der Waals surface area contributed by atoms with Crippen molar-refractivity contribution in [3.05, 3.63) is 36.3 Å². The van der Waals surface area contributed by atoms with Crippen molar-refractivity contribution in [3.63, 3.8) is 0 Å². The number of unbranched alkanes of at least 4 members (excludes halogenated alkanes) is 1. The lowest BCUT2D eigenvalue weighted by atomic mass is 10.2. The van der Waals surface area contributed by atoms with Gasteiger partial charge in [0.15, 0.2) is 0 Å². The lowest BCUT2D eigenvalue weighted by Gasteiger charge is -2.09. The molecule has 17 heavy (non-hydrogen) atoms. The lowest BCUT2D eigenvalue weighted by Crippen LogP contribution is -2.13.